The number of hydrogen-bond donors (Lipinski definition) is 1. The molecule has 1 aromatic heterocycles. The molecule has 0 bridgehead atoms. The number of hydrogen-bond acceptors (Lipinski definition) is 5. The van der Waals surface area contributed by atoms with Gasteiger partial charge >= 0.3 is 5.97 Å². The van der Waals surface area contributed by atoms with E-state index in [1.807, 2.05) is 43.3 Å². The summed E-state index contributed by atoms with van der Waals surface area (Å²) < 4.78 is 1.71. The molecule has 1 N–H and O–H groups in total. The van der Waals surface area contributed by atoms with Crippen LogP contribution in [0.25, 0.3) is 5.69 Å². The van der Waals surface area contributed by atoms with E-state index in [2.05, 4.69) is 4.98 Å². The molecular weight excluding hydrogens is 290 g/mol. The van der Waals surface area contributed by atoms with Crippen molar-refractivity contribution >= 4 is 23.4 Å². The fourth-order valence-corrected chi connectivity index (χ4v) is 2.45. The zero-order valence-corrected chi connectivity index (χ0v) is 12.5. The molecule has 0 fully saturated rings. The average Bonchev–Trinajstić information content (AvgIpc) is 2.45. The van der Waals surface area contributed by atoms with Gasteiger partial charge in [0, 0.05) is 37.7 Å². The van der Waals surface area contributed by atoms with Crippen LogP contribution in [0.3, 0.4) is 0 Å². The minimum atomic E-state index is -0.952. The summed E-state index contributed by atoms with van der Waals surface area (Å²) in [6.07, 6.45) is 1.61. The van der Waals surface area contributed by atoms with Crippen molar-refractivity contribution in [1.82, 2.24) is 9.55 Å². The normalized spacial score (nSPS) is 10.4. The van der Waals surface area contributed by atoms with E-state index in [0.717, 1.165) is 23.1 Å². The number of carboxylic acids is 1. The van der Waals surface area contributed by atoms with Crippen LogP contribution in [0.1, 0.15) is 0 Å². The first-order valence-corrected chi connectivity index (χ1v) is 7.18. The van der Waals surface area contributed by atoms with Crippen molar-refractivity contribution in [1.29, 1.82) is 0 Å². The molecule has 6 nitrogen and oxygen atoms in total. The molecule has 0 radical (unpaired) electrons. The quantitative estimate of drug-likeness (QED) is 0.666. The van der Waals surface area contributed by atoms with Gasteiger partial charge in [-0.1, -0.05) is 17.8 Å². The van der Waals surface area contributed by atoms with Crippen LogP contribution in [0.4, 0.5) is 5.69 Å². The maximum Gasteiger partial charge on any atom is 0.313 e. The highest BCUT2D eigenvalue weighted by Crippen LogP contribution is 2.21. The second-order valence-corrected chi connectivity index (χ2v) is 5.46. The Kier molecular flexibility index (Phi) is 4.64. The molecule has 0 spiro atoms. The summed E-state index contributed by atoms with van der Waals surface area (Å²) in [4.78, 5) is 28.0. The molecule has 21 heavy (non-hydrogen) atoms. The van der Waals surface area contributed by atoms with Crippen molar-refractivity contribution in [2.24, 2.45) is 0 Å². The van der Waals surface area contributed by atoms with Gasteiger partial charge in [0.1, 0.15) is 0 Å². The van der Waals surface area contributed by atoms with Crippen molar-refractivity contribution < 1.29 is 9.90 Å². The predicted octanol–water partition coefficient (Wildman–Crippen LogP) is 1.48. The fraction of sp³-hybridized carbons (Fsp3) is 0.214. The summed E-state index contributed by atoms with van der Waals surface area (Å²) in [6, 6.07) is 9.03. The van der Waals surface area contributed by atoms with Gasteiger partial charge in [-0.15, -0.1) is 0 Å². The Morgan fingerprint density at radius 1 is 1.38 bits per heavy atom. The largest absolute Gasteiger partial charge is 0.481 e. The molecule has 1 aromatic carbocycles. The lowest BCUT2D eigenvalue weighted by atomic mass is 10.2. The number of carboxylic acid groups (broad SMARTS) is 1. The molecule has 0 atom stereocenters. The molecule has 7 heteroatoms. The monoisotopic (exact) mass is 305 g/mol. The fourth-order valence-electron chi connectivity index (χ4n) is 1.73. The van der Waals surface area contributed by atoms with E-state index in [4.69, 9.17) is 5.11 Å². The Morgan fingerprint density at radius 2 is 2.14 bits per heavy atom. The van der Waals surface area contributed by atoms with Crippen molar-refractivity contribution in [3.05, 3.63) is 46.9 Å². The zero-order valence-electron chi connectivity index (χ0n) is 11.7. The third-order valence-electron chi connectivity index (χ3n) is 2.73. The molecular formula is C14H15N3O3S. The maximum atomic E-state index is 11.4. The molecule has 2 aromatic rings. The van der Waals surface area contributed by atoms with Crippen LogP contribution in [0.15, 0.2) is 46.5 Å². The van der Waals surface area contributed by atoms with E-state index >= 15 is 0 Å². The van der Waals surface area contributed by atoms with Crippen LogP contribution in [-0.4, -0.2) is 40.5 Å². The summed E-state index contributed by atoms with van der Waals surface area (Å²) >= 11 is 1.02. The molecule has 0 saturated carbocycles. The number of anilines is 1. The summed E-state index contributed by atoms with van der Waals surface area (Å²) in [5, 5.41) is 9.14. The first-order valence-electron chi connectivity index (χ1n) is 6.19. The number of carbonyl (C=O) groups is 1. The smallest absolute Gasteiger partial charge is 0.313 e. The van der Waals surface area contributed by atoms with E-state index in [0.29, 0.717) is 5.16 Å². The number of thioether (sulfide) groups is 1. The molecule has 0 saturated heterocycles. The van der Waals surface area contributed by atoms with Crippen molar-refractivity contribution in [2.45, 2.75) is 5.16 Å². The lowest BCUT2D eigenvalue weighted by Gasteiger charge is -2.16. The highest BCUT2D eigenvalue weighted by molar-refractivity contribution is 7.99. The highest BCUT2D eigenvalue weighted by Gasteiger charge is 2.09. The summed E-state index contributed by atoms with van der Waals surface area (Å²) in [5.74, 6) is -1.10. The number of aromatic nitrogens is 2. The third-order valence-corrected chi connectivity index (χ3v) is 3.66. The van der Waals surface area contributed by atoms with Crippen LogP contribution in [-0.2, 0) is 4.79 Å². The van der Waals surface area contributed by atoms with E-state index < -0.39 is 5.97 Å². The van der Waals surface area contributed by atoms with E-state index in [1.165, 1.54) is 6.07 Å². The zero-order chi connectivity index (χ0) is 15.4. The van der Waals surface area contributed by atoms with E-state index in [-0.39, 0.29) is 11.3 Å². The summed E-state index contributed by atoms with van der Waals surface area (Å²) in [5.41, 5.74) is 1.44. The minimum absolute atomic E-state index is 0.149. The minimum Gasteiger partial charge on any atom is -0.481 e. The SMILES string of the molecule is CN(C)c1cccc(-n2ccc(=O)nc2SCC(=O)O)c1. The lowest BCUT2D eigenvalue weighted by Crippen LogP contribution is -2.14. The first-order chi connectivity index (χ1) is 9.97. The van der Waals surface area contributed by atoms with Gasteiger partial charge in [0.25, 0.3) is 5.56 Å². The van der Waals surface area contributed by atoms with Gasteiger partial charge in [-0.25, -0.2) is 0 Å². The van der Waals surface area contributed by atoms with Gasteiger partial charge < -0.3 is 10.0 Å². The summed E-state index contributed by atoms with van der Waals surface area (Å²) in [6.45, 7) is 0. The first kappa shape index (κ1) is 15.1. The van der Waals surface area contributed by atoms with E-state index in [9.17, 15) is 9.59 Å². The van der Waals surface area contributed by atoms with Crippen LogP contribution >= 0.6 is 11.8 Å². The van der Waals surface area contributed by atoms with Crippen LogP contribution in [0, 0.1) is 0 Å². The van der Waals surface area contributed by atoms with Crippen LogP contribution < -0.4 is 10.5 Å². The Labute approximate surface area is 126 Å². The lowest BCUT2D eigenvalue weighted by molar-refractivity contribution is -0.133. The molecule has 0 unspecified atom stereocenters. The topological polar surface area (TPSA) is 75.4 Å². The average molecular weight is 305 g/mol. The van der Waals surface area contributed by atoms with Crippen molar-refractivity contribution in [3.63, 3.8) is 0 Å². The third kappa shape index (κ3) is 3.85. The van der Waals surface area contributed by atoms with Gasteiger partial charge in [-0.2, -0.15) is 4.98 Å². The van der Waals surface area contributed by atoms with Crippen LogP contribution in [0.2, 0.25) is 0 Å². The van der Waals surface area contributed by atoms with Gasteiger partial charge in [-0.05, 0) is 18.2 Å². The highest BCUT2D eigenvalue weighted by atomic mass is 32.2. The summed E-state index contributed by atoms with van der Waals surface area (Å²) in [7, 11) is 3.87. The van der Waals surface area contributed by atoms with Crippen LogP contribution in [0.5, 0.6) is 0 Å². The Hall–Kier alpha value is -2.28. The van der Waals surface area contributed by atoms with Crippen molar-refractivity contribution in [3.8, 4) is 5.69 Å². The number of benzene rings is 1. The Balaban J connectivity index is 2.45. The molecule has 2 rings (SSSR count). The molecule has 1 heterocycles. The Bertz CT molecular complexity index is 713. The van der Waals surface area contributed by atoms with Gasteiger partial charge in [0.15, 0.2) is 5.16 Å². The maximum absolute atomic E-state index is 11.4. The molecule has 0 aliphatic carbocycles. The molecule has 0 amide bonds. The Morgan fingerprint density at radius 3 is 2.81 bits per heavy atom. The molecule has 0 aliphatic heterocycles. The van der Waals surface area contributed by atoms with E-state index in [1.54, 1.807) is 10.8 Å². The molecule has 0 aliphatic rings. The second kappa shape index (κ2) is 6.45. The van der Waals surface area contributed by atoms with Gasteiger partial charge in [0.05, 0.1) is 5.75 Å². The number of rotatable bonds is 5. The van der Waals surface area contributed by atoms with Gasteiger partial charge in [-0.3, -0.25) is 14.2 Å². The van der Waals surface area contributed by atoms with Gasteiger partial charge in [0.2, 0.25) is 0 Å². The standard InChI is InChI=1S/C14H15N3O3S/c1-16(2)10-4-3-5-11(8-10)17-7-6-12(18)15-14(17)21-9-13(19)20/h3-8H,9H2,1-2H3,(H,19,20). The number of aliphatic carboxylic acids is 1. The molecule has 110 valence electrons. The number of nitrogens with zero attached hydrogens (tertiary/aromatic N) is 3. The van der Waals surface area contributed by atoms with Crippen molar-refractivity contribution in [2.75, 3.05) is 24.7 Å². The second-order valence-electron chi connectivity index (χ2n) is 4.52. The predicted molar refractivity (Wildman–Crippen MR) is 82.5 cm³/mol.